The van der Waals surface area contributed by atoms with Gasteiger partial charge in [-0.15, -0.1) is 0 Å². The van der Waals surface area contributed by atoms with Crippen molar-refractivity contribution in [2.24, 2.45) is 0 Å². The van der Waals surface area contributed by atoms with Crippen LogP contribution in [-0.2, 0) is 17.8 Å². The smallest absolute Gasteiger partial charge is 0.151 e. The van der Waals surface area contributed by atoms with Crippen LogP contribution in [0.15, 0.2) is 28.9 Å². The maximum Gasteiger partial charge on any atom is 0.151 e. The molecule has 0 atom stereocenters. The average Bonchev–Trinajstić information content (AvgIpc) is 2.99. The molecule has 2 aliphatic heterocycles. The third kappa shape index (κ3) is 3.29. The molecule has 2 aliphatic rings. The average molecular weight is 378 g/mol. The van der Waals surface area contributed by atoms with Crippen LogP contribution in [0.3, 0.4) is 0 Å². The number of fused-ring (bicyclic) bond motifs is 3. The number of aryl methyl sites for hydroxylation is 1. The number of aromatic nitrogens is 2. The molecule has 6 heteroatoms. The van der Waals surface area contributed by atoms with Crippen LogP contribution in [-0.4, -0.2) is 47.3 Å². The topological polar surface area (TPSA) is 39.5 Å². The van der Waals surface area contributed by atoms with Crippen LogP contribution in [0.1, 0.15) is 17.9 Å². The molecular formula is C17H20BrN3O2. The molecule has 0 bridgehead atoms. The first-order chi connectivity index (χ1) is 11.3. The van der Waals surface area contributed by atoms with Gasteiger partial charge in [-0.2, -0.15) is 0 Å². The molecule has 0 amide bonds. The second kappa shape index (κ2) is 6.63. The van der Waals surface area contributed by atoms with Gasteiger partial charge >= 0.3 is 0 Å². The molecular weight excluding hydrogens is 358 g/mol. The first-order valence-corrected chi connectivity index (χ1v) is 8.89. The molecule has 23 heavy (non-hydrogen) atoms. The molecule has 1 aromatic carbocycles. The summed E-state index contributed by atoms with van der Waals surface area (Å²) < 4.78 is 14.4. The van der Waals surface area contributed by atoms with E-state index in [-0.39, 0.29) is 0 Å². The van der Waals surface area contributed by atoms with Crippen LogP contribution in [0.25, 0.3) is 5.69 Å². The molecule has 122 valence electrons. The predicted molar refractivity (Wildman–Crippen MR) is 91.2 cm³/mol. The Labute approximate surface area is 144 Å². The number of imidazole rings is 1. The van der Waals surface area contributed by atoms with E-state index in [0.29, 0.717) is 6.61 Å². The van der Waals surface area contributed by atoms with Crippen LogP contribution in [0.2, 0.25) is 0 Å². The number of hydrogen-bond donors (Lipinski definition) is 0. The third-order valence-electron chi connectivity index (χ3n) is 4.38. The molecule has 3 heterocycles. The van der Waals surface area contributed by atoms with E-state index in [0.717, 1.165) is 73.1 Å². The van der Waals surface area contributed by atoms with Crippen molar-refractivity contribution >= 4 is 15.9 Å². The minimum absolute atomic E-state index is 0.535. The summed E-state index contributed by atoms with van der Waals surface area (Å²) in [4.78, 5) is 7.21. The molecule has 1 aromatic heterocycles. The Morgan fingerprint density at radius 2 is 2.09 bits per heavy atom. The standard InChI is InChI=1S/C17H20BrN3O2/c18-13-3-4-15-16(10-13)23-12-17-19-14(11-21(15)17)2-1-5-20-6-8-22-9-7-20/h3-4,10-11H,1-2,5-9,12H2. The third-order valence-corrected chi connectivity index (χ3v) is 4.87. The Balaban J connectivity index is 1.43. The summed E-state index contributed by atoms with van der Waals surface area (Å²) >= 11 is 3.49. The van der Waals surface area contributed by atoms with Crippen molar-refractivity contribution in [1.29, 1.82) is 0 Å². The Bertz CT molecular complexity index is 695. The molecule has 1 fully saturated rings. The van der Waals surface area contributed by atoms with Crippen LogP contribution >= 0.6 is 15.9 Å². The highest BCUT2D eigenvalue weighted by atomic mass is 79.9. The quantitative estimate of drug-likeness (QED) is 0.821. The molecule has 0 aliphatic carbocycles. The van der Waals surface area contributed by atoms with Gasteiger partial charge in [0, 0.05) is 23.8 Å². The van der Waals surface area contributed by atoms with E-state index in [1.807, 2.05) is 12.1 Å². The SMILES string of the molecule is Brc1ccc2c(c1)OCc1nc(CCCN3CCOCC3)cn1-2. The minimum Gasteiger partial charge on any atom is -0.483 e. The number of benzene rings is 1. The molecule has 5 nitrogen and oxygen atoms in total. The molecule has 0 N–H and O–H groups in total. The molecule has 1 saturated heterocycles. The largest absolute Gasteiger partial charge is 0.483 e. The van der Waals surface area contributed by atoms with Crippen molar-refractivity contribution in [1.82, 2.24) is 14.5 Å². The van der Waals surface area contributed by atoms with Crippen LogP contribution < -0.4 is 4.74 Å². The number of nitrogens with zero attached hydrogens (tertiary/aromatic N) is 3. The number of hydrogen-bond acceptors (Lipinski definition) is 4. The van der Waals surface area contributed by atoms with Crippen LogP contribution in [0, 0.1) is 0 Å². The van der Waals surface area contributed by atoms with Crippen LogP contribution in [0.5, 0.6) is 5.75 Å². The predicted octanol–water partition coefficient (Wildman–Crippen LogP) is 2.79. The van der Waals surface area contributed by atoms with Gasteiger partial charge in [0.25, 0.3) is 0 Å². The maximum absolute atomic E-state index is 5.81. The number of rotatable bonds is 4. The van der Waals surface area contributed by atoms with Crippen molar-refractivity contribution in [2.75, 3.05) is 32.8 Å². The lowest BCUT2D eigenvalue weighted by molar-refractivity contribution is 0.0374. The fourth-order valence-electron chi connectivity index (χ4n) is 3.16. The molecule has 0 saturated carbocycles. The second-order valence-corrected chi connectivity index (χ2v) is 6.89. The molecule has 0 unspecified atom stereocenters. The number of ether oxygens (including phenoxy) is 2. The maximum atomic E-state index is 5.81. The van der Waals surface area contributed by atoms with Gasteiger partial charge in [0.1, 0.15) is 12.4 Å². The molecule has 0 radical (unpaired) electrons. The first-order valence-electron chi connectivity index (χ1n) is 8.09. The van der Waals surface area contributed by atoms with Crippen LogP contribution in [0.4, 0.5) is 0 Å². The zero-order valence-electron chi connectivity index (χ0n) is 13.0. The minimum atomic E-state index is 0.535. The van der Waals surface area contributed by atoms with Crippen molar-refractivity contribution in [3.05, 3.63) is 40.4 Å². The van der Waals surface area contributed by atoms with Crippen molar-refractivity contribution in [3.8, 4) is 11.4 Å². The highest BCUT2D eigenvalue weighted by Gasteiger charge is 2.19. The summed E-state index contributed by atoms with van der Waals surface area (Å²) in [7, 11) is 0. The lowest BCUT2D eigenvalue weighted by Crippen LogP contribution is -2.36. The van der Waals surface area contributed by atoms with E-state index in [1.54, 1.807) is 0 Å². The monoisotopic (exact) mass is 377 g/mol. The summed E-state index contributed by atoms with van der Waals surface area (Å²) in [5.41, 5.74) is 2.22. The fourth-order valence-corrected chi connectivity index (χ4v) is 3.50. The first kappa shape index (κ1) is 15.2. The zero-order valence-corrected chi connectivity index (χ0v) is 14.6. The van der Waals surface area contributed by atoms with E-state index in [9.17, 15) is 0 Å². The summed E-state index contributed by atoms with van der Waals surface area (Å²) in [6.07, 6.45) is 4.29. The molecule has 2 aromatic rings. The van der Waals surface area contributed by atoms with Gasteiger partial charge in [-0.3, -0.25) is 9.47 Å². The fraction of sp³-hybridized carbons (Fsp3) is 0.471. The molecule has 0 spiro atoms. The summed E-state index contributed by atoms with van der Waals surface area (Å²) in [5, 5.41) is 0. The van der Waals surface area contributed by atoms with Crippen molar-refractivity contribution in [2.45, 2.75) is 19.4 Å². The Morgan fingerprint density at radius 3 is 2.96 bits per heavy atom. The molecule has 4 rings (SSSR count). The lowest BCUT2D eigenvalue weighted by atomic mass is 10.2. The summed E-state index contributed by atoms with van der Waals surface area (Å²) in [6.45, 7) is 5.48. The summed E-state index contributed by atoms with van der Waals surface area (Å²) in [6, 6.07) is 6.12. The van der Waals surface area contributed by atoms with Crippen molar-refractivity contribution < 1.29 is 9.47 Å². The van der Waals surface area contributed by atoms with E-state index in [4.69, 9.17) is 14.5 Å². The van der Waals surface area contributed by atoms with Gasteiger partial charge in [0.05, 0.1) is 24.6 Å². The van der Waals surface area contributed by atoms with E-state index >= 15 is 0 Å². The van der Waals surface area contributed by atoms with E-state index < -0.39 is 0 Å². The number of morpholine rings is 1. The van der Waals surface area contributed by atoms with Gasteiger partial charge in [-0.1, -0.05) is 15.9 Å². The van der Waals surface area contributed by atoms with Gasteiger partial charge in [0.2, 0.25) is 0 Å². The van der Waals surface area contributed by atoms with Gasteiger partial charge in [0.15, 0.2) is 5.82 Å². The van der Waals surface area contributed by atoms with Gasteiger partial charge in [-0.25, -0.2) is 4.98 Å². The Hall–Kier alpha value is -1.37. The van der Waals surface area contributed by atoms with E-state index in [1.165, 1.54) is 0 Å². The highest BCUT2D eigenvalue weighted by Crippen LogP contribution is 2.32. The highest BCUT2D eigenvalue weighted by molar-refractivity contribution is 9.10. The van der Waals surface area contributed by atoms with Gasteiger partial charge in [-0.05, 0) is 37.6 Å². The van der Waals surface area contributed by atoms with Gasteiger partial charge < -0.3 is 9.47 Å². The zero-order chi connectivity index (χ0) is 15.6. The summed E-state index contributed by atoms with van der Waals surface area (Å²) in [5.74, 6) is 1.89. The number of halogens is 1. The lowest BCUT2D eigenvalue weighted by Gasteiger charge is -2.26. The Kier molecular flexibility index (Phi) is 4.37. The van der Waals surface area contributed by atoms with Crippen molar-refractivity contribution in [3.63, 3.8) is 0 Å². The Morgan fingerprint density at radius 1 is 1.22 bits per heavy atom. The second-order valence-electron chi connectivity index (χ2n) is 5.98. The van der Waals surface area contributed by atoms with E-state index in [2.05, 4.69) is 37.7 Å². The normalized spacial score (nSPS) is 17.4.